The number of rotatable bonds is 2. The molecule has 0 saturated heterocycles. The highest BCUT2D eigenvalue weighted by Crippen LogP contribution is 2.29. The molecule has 17 heavy (non-hydrogen) atoms. The van der Waals surface area contributed by atoms with E-state index in [2.05, 4.69) is 4.98 Å². The van der Waals surface area contributed by atoms with E-state index >= 15 is 0 Å². The highest BCUT2D eigenvalue weighted by molar-refractivity contribution is 5.38. The SMILES string of the molecule is CN(c1ccc(C(F)(F)F)cn1)n1cccc1. The molecule has 90 valence electrons. The molecule has 3 nitrogen and oxygen atoms in total. The monoisotopic (exact) mass is 241 g/mol. The third-order valence-electron chi connectivity index (χ3n) is 2.34. The number of anilines is 1. The molecule has 0 aromatic carbocycles. The average molecular weight is 241 g/mol. The Labute approximate surface area is 96.1 Å². The van der Waals surface area contributed by atoms with Gasteiger partial charge >= 0.3 is 6.18 Å². The lowest BCUT2D eigenvalue weighted by Gasteiger charge is -2.19. The van der Waals surface area contributed by atoms with Crippen molar-refractivity contribution in [1.82, 2.24) is 9.66 Å². The van der Waals surface area contributed by atoms with Gasteiger partial charge in [-0.1, -0.05) is 0 Å². The van der Waals surface area contributed by atoms with Crippen molar-refractivity contribution in [1.29, 1.82) is 0 Å². The molecule has 2 aromatic rings. The predicted octanol–water partition coefficient (Wildman–Crippen LogP) is 2.80. The first-order chi connectivity index (χ1) is 7.98. The van der Waals surface area contributed by atoms with Gasteiger partial charge in [0.2, 0.25) is 0 Å². The lowest BCUT2D eigenvalue weighted by molar-refractivity contribution is -0.137. The van der Waals surface area contributed by atoms with E-state index < -0.39 is 11.7 Å². The molecule has 2 rings (SSSR count). The molecule has 0 saturated carbocycles. The van der Waals surface area contributed by atoms with E-state index in [9.17, 15) is 13.2 Å². The molecule has 0 N–H and O–H groups in total. The van der Waals surface area contributed by atoms with Crippen LogP contribution in [-0.2, 0) is 6.18 Å². The molecule has 2 heterocycles. The maximum Gasteiger partial charge on any atom is 0.417 e. The van der Waals surface area contributed by atoms with Crippen LogP contribution < -0.4 is 5.01 Å². The molecule has 0 bridgehead atoms. The highest BCUT2D eigenvalue weighted by Gasteiger charge is 2.30. The van der Waals surface area contributed by atoms with Crippen LogP contribution in [0.4, 0.5) is 19.0 Å². The molecule has 0 amide bonds. The van der Waals surface area contributed by atoms with E-state index in [0.29, 0.717) is 5.82 Å². The topological polar surface area (TPSA) is 21.1 Å². The molecular weight excluding hydrogens is 231 g/mol. The quantitative estimate of drug-likeness (QED) is 0.806. The van der Waals surface area contributed by atoms with E-state index in [4.69, 9.17) is 0 Å². The first-order valence-corrected chi connectivity index (χ1v) is 4.89. The normalized spacial score (nSPS) is 11.5. The van der Waals surface area contributed by atoms with Crippen LogP contribution in [0.5, 0.6) is 0 Å². The zero-order valence-corrected chi connectivity index (χ0v) is 9.02. The first kappa shape index (κ1) is 11.5. The van der Waals surface area contributed by atoms with E-state index in [-0.39, 0.29) is 0 Å². The van der Waals surface area contributed by atoms with Crippen LogP contribution in [0.15, 0.2) is 42.9 Å². The largest absolute Gasteiger partial charge is 0.417 e. The van der Waals surface area contributed by atoms with E-state index in [0.717, 1.165) is 12.3 Å². The summed E-state index contributed by atoms with van der Waals surface area (Å²) in [6.07, 6.45) is 0.0333. The summed E-state index contributed by atoms with van der Waals surface area (Å²) in [6, 6.07) is 5.99. The van der Waals surface area contributed by atoms with Crippen LogP contribution in [0, 0.1) is 0 Å². The molecule has 0 aliphatic rings. The minimum atomic E-state index is -4.35. The summed E-state index contributed by atoms with van der Waals surface area (Å²) in [7, 11) is 1.72. The van der Waals surface area contributed by atoms with E-state index in [1.807, 2.05) is 12.1 Å². The Morgan fingerprint density at radius 3 is 2.29 bits per heavy atom. The molecule has 2 aromatic heterocycles. The maximum absolute atomic E-state index is 12.3. The van der Waals surface area contributed by atoms with Gasteiger partial charge in [0.25, 0.3) is 0 Å². The minimum Gasteiger partial charge on any atom is -0.268 e. The second-order valence-corrected chi connectivity index (χ2v) is 3.49. The summed E-state index contributed by atoms with van der Waals surface area (Å²) in [5, 5.41) is 1.64. The number of hydrogen-bond donors (Lipinski definition) is 0. The summed E-state index contributed by atoms with van der Waals surface area (Å²) >= 11 is 0. The highest BCUT2D eigenvalue weighted by atomic mass is 19.4. The summed E-state index contributed by atoms with van der Waals surface area (Å²) in [4.78, 5) is 3.79. The van der Waals surface area contributed by atoms with Crippen molar-refractivity contribution < 1.29 is 13.2 Å². The summed E-state index contributed by atoms with van der Waals surface area (Å²) in [6.45, 7) is 0. The Morgan fingerprint density at radius 1 is 1.18 bits per heavy atom. The van der Waals surface area contributed by atoms with Gasteiger partial charge < -0.3 is 0 Å². The van der Waals surface area contributed by atoms with Gasteiger partial charge in [0.1, 0.15) is 5.82 Å². The van der Waals surface area contributed by atoms with Crippen LogP contribution in [-0.4, -0.2) is 16.7 Å². The van der Waals surface area contributed by atoms with Crippen LogP contribution in [0.2, 0.25) is 0 Å². The fourth-order valence-corrected chi connectivity index (χ4v) is 1.39. The van der Waals surface area contributed by atoms with E-state index in [1.165, 1.54) is 6.07 Å². The van der Waals surface area contributed by atoms with Crippen molar-refractivity contribution in [3.63, 3.8) is 0 Å². The standard InChI is InChI=1S/C11H10F3N3/c1-16(17-6-2-3-7-17)10-5-4-9(8-15-10)11(12,13)14/h2-8H,1H3. The van der Waals surface area contributed by atoms with Gasteiger partial charge in [-0.3, -0.25) is 9.69 Å². The molecule has 6 heteroatoms. The van der Waals surface area contributed by atoms with Gasteiger partial charge in [0.15, 0.2) is 0 Å². The lowest BCUT2D eigenvalue weighted by Crippen LogP contribution is -2.23. The molecule has 0 aliphatic heterocycles. The summed E-state index contributed by atoms with van der Waals surface area (Å²) in [5.74, 6) is 0.439. The van der Waals surface area contributed by atoms with Gasteiger partial charge in [-0.25, -0.2) is 4.98 Å². The number of aromatic nitrogens is 2. The fraction of sp³-hybridized carbons (Fsp3) is 0.182. The van der Waals surface area contributed by atoms with Crippen molar-refractivity contribution in [2.24, 2.45) is 0 Å². The number of hydrogen-bond acceptors (Lipinski definition) is 2. The molecular formula is C11H10F3N3. The summed E-state index contributed by atoms with van der Waals surface area (Å²) < 4.78 is 38.7. The van der Waals surface area contributed by atoms with Crippen molar-refractivity contribution in [3.05, 3.63) is 48.4 Å². The zero-order valence-electron chi connectivity index (χ0n) is 9.02. The molecule has 0 unspecified atom stereocenters. The van der Waals surface area contributed by atoms with Gasteiger partial charge in [-0.05, 0) is 24.3 Å². The molecule has 0 radical (unpaired) electrons. The second kappa shape index (κ2) is 4.12. The Bertz CT molecular complexity index is 474. The molecule has 0 atom stereocenters. The minimum absolute atomic E-state index is 0.439. The molecule has 0 fully saturated rings. The molecule has 0 aliphatic carbocycles. The van der Waals surface area contributed by atoms with Gasteiger partial charge in [-0.15, -0.1) is 0 Å². The number of nitrogens with zero attached hydrogens (tertiary/aromatic N) is 3. The zero-order chi connectivity index (χ0) is 12.5. The smallest absolute Gasteiger partial charge is 0.268 e. The lowest BCUT2D eigenvalue weighted by atomic mass is 10.3. The van der Waals surface area contributed by atoms with Crippen molar-refractivity contribution in [2.75, 3.05) is 12.1 Å². The van der Waals surface area contributed by atoms with Crippen LogP contribution in [0.3, 0.4) is 0 Å². The Balaban J connectivity index is 2.24. The summed E-state index contributed by atoms with van der Waals surface area (Å²) in [5.41, 5.74) is -0.748. The van der Waals surface area contributed by atoms with Crippen molar-refractivity contribution >= 4 is 5.82 Å². The Kier molecular flexibility index (Phi) is 2.79. The van der Waals surface area contributed by atoms with E-state index in [1.54, 1.807) is 29.1 Å². The third-order valence-corrected chi connectivity index (χ3v) is 2.34. The van der Waals surface area contributed by atoms with Gasteiger partial charge in [-0.2, -0.15) is 13.2 Å². The number of halogens is 3. The maximum atomic E-state index is 12.3. The van der Waals surface area contributed by atoms with Crippen molar-refractivity contribution in [3.8, 4) is 0 Å². The third kappa shape index (κ3) is 2.41. The number of pyridine rings is 1. The fourth-order valence-electron chi connectivity index (χ4n) is 1.39. The van der Waals surface area contributed by atoms with Crippen LogP contribution in [0.25, 0.3) is 0 Å². The average Bonchev–Trinajstić information content (AvgIpc) is 2.80. The van der Waals surface area contributed by atoms with Gasteiger partial charge in [0.05, 0.1) is 5.56 Å². The van der Waals surface area contributed by atoms with Gasteiger partial charge in [0, 0.05) is 25.6 Å². The van der Waals surface area contributed by atoms with Crippen LogP contribution >= 0.6 is 0 Å². The Hall–Kier alpha value is -1.98. The second-order valence-electron chi connectivity index (χ2n) is 3.49. The predicted molar refractivity (Wildman–Crippen MR) is 57.5 cm³/mol. The molecule has 0 spiro atoms. The Morgan fingerprint density at radius 2 is 1.82 bits per heavy atom. The van der Waals surface area contributed by atoms with Crippen LogP contribution in [0.1, 0.15) is 5.56 Å². The first-order valence-electron chi connectivity index (χ1n) is 4.89. The van der Waals surface area contributed by atoms with Crippen molar-refractivity contribution in [2.45, 2.75) is 6.18 Å². The number of alkyl halides is 3.